The van der Waals surface area contributed by atoms with E-state index in [9.17, 15) is 0 Å². The quantitative estimate of drug-likeness (QED) is 0.666. The Labute approximate surface area is 85.6 Å². The second-order valence-electron chi connectivity index (χ2n) is 5.09. The van der Waals surface area contributed by atoms with Gasteiger partial charge in [0.1, 0.15) is 0 Å². The van der Waals surface area contributed by atoms with Crippen molar-refractivity contribution in [2.75, 3.05) is 19.8 Å². The van der Waals surface area contributed by atoms with Gasteiger partial charge in [0.05, 0.1) is 24.7 Å². The molecule has 0 spiro atoms. The molecule has 0 N–H and O–H groups in total. The van der Waals surface area contributed by atoms with E-state index in [4.69, 9.17) is 10.00 Å². The molecule has 2 atom stereocenters. The summed E-state index contributed by atoms with van der Waals surface area (Å²) < 4.78 is 5.51. The maximum atomic E-state index is 9.01. The van der Waals surface area contributed by atoms with Crippen molar-refractivity contribution in [3.63, 3.8) is 0 Å². The van der Waals surface area contributed by atoms with E-state index in [1.54, 1.807) is 0 Å². The van der Waals surface area contributed by atoms with Crippen LogP contribution in [0.4, 0.5) is 0 Å². The first kappa shape index (κ1) is 9.95. The number of fused-ring (bicyclic) bond motifs is 2. The zero-order valence-corrected chi connectivity index (χ0v) is 8.99. The van der Waals surface area contributed by atoms with Crippen LogP contribution in [0.3, 0.4) is 0 Å². The van der Waals surface area contributed by atoms with Crippen molar-refractivity contribution in [3.8, 4) is 6.07 Å². The Hall–Kier alpha value is -0.590. The second kappa shape index (κ2) is 3.52. The van der Waals surface area contributed by atoms with Gasteiger partial charge in [-0.05, 0) is 26.7 Å². The third-order valence-corrected chi connectivity index (χ3v) is 3.27. The monoisotopic (exact) mass is 194 g/mol. The summed E-state index contributed by atoms with van der Waals surface area (Å²) in [6, 6.07) is 3.52. The van der Waals surface area contributed by atoms with Crippen LogP contribution in [0.1, 0.15) is 26.7 Å². The van der Waals surface area contributed by atoms with Crippen LogP contribution in [0, 0.1) is 16.7 Å². The summed E-state index contributed by atoms with van der Waals surface area (Å²) in [5, 5.41) is 9.01. The summed E-state index contributed by atoms with van der Waals surface area (Å²) >= 11 is 0. The molecule has 0 saturated carbocycles. The van der Waals surface area contributed by atoms with Crippen molar-refractivity contribution in [1.29, 1.82) is 5.26 Å². The summed E-state index contributed by atoms with van der Waals surface area (Å²) in [6.07, 6.45) is 2.48. The van der Waals surface area contributed by atoms with E-state index < -0.39 is 0 Å². The molecule has 3 nitrogen and oxygen atoms in total. The first-order valence-corrected chi connectivity index (χ1v) is 5.37. The lowest BCUT2D eigenvalue weighted by Crippen LogP contribution is -2.49. The van der Waals surface area contributed by atoms with E-state index in [0.29, 0.717) is 12.1 Å². The molecule has 2 fully saturated rings. The lowest BCUT2D eigenvalue weighted by Gasteiger charge is -2.37. The second-order valence-corrected chi connectivity index (χ2v) is 5.09. The van der Waals surface area contributed by atoms with Crippen LogP contribution in [0.25, 0.3) is 0 Å². The highest BCUT2D eigenvalue weighted by Gasteiger charge is 2.39. The van der Waals surface area contributed by atoms with Crippen LogP contribution >= 0.6 is 0 Å². The third-order valence-electron chi connectivity index (χ3n) is 3.27. The van der Waals surface area contributed by atoms with Crippen molar-refractivity contribution in [3.05, 3.63) is 0 Å². The fourth-order valence-corrected chi connectivity index (χ4v) is 2.46. The fourth-order valence-electron chi connectivity index (χ4n) is 2.46. The average Bonchev–Trinajstić information content (AvgIpc) is 2.41. The van der Waals surface area contributed by atoms with Gasteiger partial charge in [-0.1, -0.05) is 0 Å². The van der Waals surface area contributed by atoms with Gasteiger partial charge in [0.15, 0.2) is 0 Å². The molecule has 14 heavy (non-hydrogen) atoms. The number of morpholine rings is 1. The average molecular weight is 194 g/mol. The molecule has 0 aromatic rings. The molecular formula is C11H18N2O. The Morgan fingerprint density at radius 3 is 2.43 bits per heavy atom. The summed E-state index contributed by atoms with van der Waals surface area (Å²) in [5.41, 5.74) is -0.224. The Morgan fingerprint density at radius 1 is 1.36 bits per heavy atom. The van der Waals surface area contributed by atoms with E-state index in [0.717, 1.165) is 19.8 Å². The molecule has 2 aliphatic rings. The molecular weight excluding hydrogens is 176 g/mol. The lowest BCUT2D eigenvalue weighted by molar-refractivity contribution is -0.0243. The van der Waals surface area contributed by atoms with Crippen LogP contribution in [-0.4, -0.2) is 36.7 Å². The first-order chi connectivity index (χ1) is 6.62. The molecule has 2 bridgehead atoms. The van der Waals surface area contributed by atoms with Gasteiger partial charge in [-0.15, -0.1) is 0 Å². The molecule has 0 aromatic heterocycles. The molecule has 0 aromatic carbocycles. The van der Waals surface area contributed by atoms with Crippen LogP contribution in [-0.2, 0) is 4.74 Å². The normalized spacial score (nSPS) is 32.9. The standard InChI is InChI=1S/C11H18N2O/c1-11(2,7-12)8-13-9-3-4-10(13)6-14-5-9/h9-10H,3-6,8H2,1-2H3. The minimum absolute atomic E-state index is 0.224. The summed E-state index contributed by atoms with van der Waals surface area (Å²) in [7, 11) is 0. The number of hydrogen-bond donors (Lipinski definition) is 0. The number of rotatable bonds is 2. The summed E-state index contributed by atoms with van der Waals surface area (Å²) in [5.74, 6) is 0. The predicted molar refractivity (Wildman–Crippen MR) is 53.7 cm³/mol. The van der Waals surface area contributed by atoms with Gasteiger partial charge in [0, 0.05) is 18.6 Å². The van der Waals surface area contributed by atoms with Crippen LogP contribution in [0.2, 0.25) is 0 Å². The van der Waals surface area contributed by atoms with E-state index in [1.807, 2.05) is 13.8 Å². The molecule has 78 valence electrons. The summed E-state index contributed by atoms with van der Waals surface area (Å²) in [4.78, 5) is 2.48. The van der Waals surface area contributed by atoms with Crippen molar-refractivity contribution in [1.82, 2.24) is 4.90 Å². The molecule has 0 radical (unpaired) electrons. The van der Waals surface area contributed by atoms with Crippen molar-refractivity contribution >= 4 is 0 Å². The first-order valence-electron chi connectivity index (χ1n) is 5.37. The zero-order valence-electron chi connectivity index (χ0n) is 8.99. The van der Waals surface area contributed by atoms with Gasteiger partial charge in [-0.3, -0.25) is 4.90 Å². The van der Waals surface area contributed by atoms with Gasteiger partial charge in [-0.25, -0.2) is 0 Å². The molecule has 0 amide bonds. The minimum Gasteiger partial charge on any atom is -0.378 e. The van der Waals surface area contributed by atoms with Crippen LogP contribution < -0.4 is 0 Å². The fraction of sp³-hybridized carbons (Fsp3) is 0.909. The maximum absolute atomic E-state index is 9.01. The number of nitrogens with zero attached hydrogens (tertiary/aromatic N) is 2. The van der Waals surface area contributed by atoms with Gasteiger partial charge in [-0.2, -0.15) is 5.26 Å². The molecule has 2 rings (SSSR count). The van der Waals surface area contributed by atoms with Crippen LogP contribution in [0.5, 0.6) is 0 Å². The smallest absolute Gasteiger partial charge is 0.0697 e. The highest BCUT2D eigenvalue weighted by molar-refractivity contribution is 4.99. The van der Waals surface area contributed by atoms with Crippen LogP contribution in [0.15, 0.2) is 0 Å². The van der Waals surface area contributed by atoms with Gasteiger partial charge >= 0.3 is 0 Å². The highest BCUT2D eigenvalue weighted by atomic mass is 16.5. The molecule has 0 aliphatic carbocycles. The van der Waals surface area contributed by atoms with E-state index in [-0.39, 0.29) is 5.41 Å². The SMILES string of the molecule is CC(C)(C#N)CN1C2CCC1COC2. The van der Waals surface area contributed by atoms with Gasteiger partial charge < -0.3 is 4.74 Å². The Morgan fingerprint density at radius 2 is 1.93 bits per heavy atom. The molecule has 2 aliphatic heterocycles. The predicted octanol–water partition coefficient (Wildman–Crippen LogP) is 1.40. The molecule has 2 unspecified atom stereocenters. The Bertz CT molecular complexity index is 241. The maximum Gasteiger partial charge on any atom is 0.0697 e. The minimum atomic E-state index is -0.224. The number of hydrogen-bond acceptors (Lipinski definition) is 3. The highest BCUT2D eigenvalue weighted by Crippen LogP contribution is 2.31. The third kappa shape index (κ3) is 1.77. The molecule has 2 heterocycles. The molecule has 2 saturated heterocycles. The van der Waals surface area contributed by atoms with E-state index in [1.165, 1.54) is 12.8 Å². The van der Waals surface area contributed by atoms with Crippen molar-refractivity contribution in [2.24, 2.45) is 5.41 Å². The van der Waals surface area contributed by atoms with Gasteiger partial charge in [0.2, 0.25) is 0 Å². The van der Waals surface area contributed by atoms with E-state index in [2.05, 4.69) is 11.0 Å². The van der Waals surface area contributed by atoms with E-state index >= 15 is 0 Å². The lowest BCUT2D eigenvalue weighted by atomic mass is 9.94. The largest absolute Gasteiger partial charge is 0.378 e. The number of nitriles is 1. The Balaban J connectivity index is 2.02. The number of ether oxygens (including phenoxy) is 1. The topological polar surface area (TPSA) is 36.3 Å². The van der Waals surface area contributed by atoms with Crippen molar-refractivity contribution in [2.45, 2.75) is 38.8 Å². The van der Waals surface area contributed by atoms with Gasteiger partial charge in [0.25, 0.3) is 0 Å². The zero-order chi connectivity index (χ0) is 10.2. The molecule has 3 heteroatoms. The van der Waals surface area contributed by atoms with Crippen molar-refractivity contribution < 1.29 is 4.74 Å². The summed E-state index contributed by atoms with van der Waals surface area (Å²) in [6.45, 7) is 6.64. The Kier molecular flexibility index (Phi) is 2.50.